The smallest absolute Gasteiger partial charge is 0.223 e. The molecule has 1 aliphatic heterocycles. The van der Waals surface area contributed by atoms with E-state index < -0.39 is 0 Å². The number of hydrogen-bond donors (Lipinski definition) is 0. The van der Waals surface area contributed by atoms with Gasteiger partial charge in [0, 0.05) is 31.0 Å². The highest BCUT2D eigenvalue weighted by atomic mass is 16.2. The van der Waals surface area contributed by atoms with Gasteiger partial charge >= 0.3 is 0 Å². The Morgan fingerprint density at radius 3 is 2.41 bits per heavy atom. The van der Waals surface area contributed by atoms with Crippen LogP contribution in [0.5, 0.6) is 0 Å². The van der Waals surface area contributed by atoms with Gasteiger partial charge in [-0.3, -0.25) is 9.59 Å². The second-order valence-corrected chi connectivity index (χ2v) is 7.65. The highest BCUT2D eigenvalue weighted by molar-refractivity contribution is 5.98. The van der Waals surface area contributed by atoms with E-state index >= 15 is 0 Å². The van der Waals surface area contributed by atoms with Gasteiger partial charge in [-0.25, -0.2) is 0 Å². The molecule has 1 amide bonds. The van der Waals surface area contributed by atoms with Crippen molar-refractivity contribution in [3.05, 3.63) is 35.4 Å². The molecule has 0 spiro atoms. The lowest BCUT2D eigenvalue weighted by atomic mass is 9.88. The lowest BCUT2D eigenvalue weighted by Gasteiger charge is -2.33. The van der Waals surface area contributed by atoms with E-state index in [1.165, 1.54) is 0 Å². The Labute approximate surface area is 133 Å². The van der Waals surface area contributed by atoms with Gasteiger partial charge in [0.25, 0.3) is 0 Å². The number of likely N-dealkylation sites (tertiary alicyclic amines) is 1. The zero-order valence-electron chi connectivity index (χ0n) is 14.2. The number of hydrogen-bond acceptors (Lipinski definition) is 2. The van der Waals surface area contributed by atoms with Gasteiger partial charge in [0.05, 0.1) is 0 Å². The second kappa shape index (κ2) is 6.64. The normalized spacial score (nSPS) is 19.1. The zero-order valence-corrected chi connectivity index (χ0v) is 14.2. The Balaban J connectivity index is 2.02. The van der Waals surface area contributed by atoms with Crippen molar-refractivity contribution in [3.8, 4) is 0 Å². The molecule has 22 heavy (non-hydrogen) atoms. The van der Waals surface area contributed by atoms with Crippen LogP contribution in [-0.2, 0) is 4.79 Å². The van der Waals surface area contributed by atoms with Crippen molar-refractivity contribution >= 4 is 11.7 Å². The molecule has 0 radical (unpaired) electrons. The van der Waals surface area contributed by atoms with E-state index in [0.717, 1.165) is 30.5 Å². The van der Waals surface area contributed by atoms with Crippen LogP contribution in [0.2, 0.25) is 0 Å². The van der Waals surface area contributed by atoms with E-state index in [2.05, 4.69) is 20.8 Å². The van der Waals surface area contributed by atoms with Crippen molar-refractivity contribution in [1.29, 1.82) is 0 Å². The summed E-state index contributed by atoms with van der Waals surface area (Å²) in [4.78, 5) is 26.9. The van der Waals surface area contributed by atoms with Gasteiger partial charge in [-0.15, -0.1) is 0 Å². The minimum Gasteiger partial charge on any atom is -0.342 e. The average Bonchev–Trinajstić information content (AvgIpc) is 2.46. The molecule has 120 valence electrons. The molecule has 1 aliphatic rings. The Morgan fingerprint density at radius 2 is 1.82 bits per heavy atom. The number of amides is 1. The Hall–Kier alpha value is -1.64. The van der Waals surface area contributed by atoms with Crippen molar-refractivity contribution in [2.75, 3.05) is 13.1 Å². The van der Waals surface area contributed by atoms with Crippen LogP contribution in [0.1, 0.15) is 56.0 Å². The molecule has 3 nitrogen and oxygen atoms in total. The van der Waals surface area contributed by atoms with Crippen LogP contribution in [0, 0.1) is 18.3 Å². The highest BCUT2D eigenvalue weighted by Crippen LogP contribution is 2.25. The fourth-order valence-electron chi connectivity index (χ4n) is 2.94. The number of carbonyl (C=O) groups is 2. The second-order valence-electron chi connectivity index (χ2n) is 7.65. The fraction of sp³-hybridized carbons (Fsp3) is 0.579. The predicted molar refractivity (Wildman–Crippen MR) is 88.9 cm³/mol. The molecule has 0 N–H and O–H groups in total. The Morgan fingerprint density at radius 1 is 1.18 bits per heavy atom. The van der Waals surface area contributed by atoms with Crippen LogP contribution in [-0.4, -0.2) is 29.7 Å². The fourth-order valence-corrected chi connectivity index (χ4v) is 2.94. The van der Waals surface area contributed by atoms with E-state index in [1.807, 2.05) is 36.1 Å². The summed E-state index contributed by atoms with van der Waals surface area (Å²) in [6.45, 7) is 9.59. The highest BCUT2D eigenvalue weighted by Gasteiger charge is 2.30. The van der Waals surface area contributed by atoms with E-state index in [-0.39, 0.29) is 23.0 Å². The third kappa shape index (κ3) is 4.43. The third-order valence-electron chi connectivity index (χ3n) is 4.16. The van der Waals surface area contributed by atoms with Gasteiger partial charge in [0.15, 0.2) is 5.78 Å². The van der Waals surface area contributed by atoms with Crippen LogP contribution in [0.15, 0.2) is 24.3 Å². The Kier molecular flexibility index (Phi) is 5.05. The SMILES string of the molecule is Cc1ccc(C(=O)C2CCCN(C(=O)CC(C)(C)C)C2)cc1. The van der Waals surface area contributed by atoms with E-state index in [4.69, 9.17) is 0 Å². The number of carbonyl (C=O) groups excluding carboxylic acids is 2. The molecule has 2 rings (SSSR count). The van der Waals surface area contributed by atoms with Crippen LogP contribution in [0.3, 0.4) is 0 Å². The number of ketones is 1. The van der Waals surface area contributed by atoms with Gasteiger partial charge in [0.1, 0.15) is 0 Å². The van der Waals surface area contributed by atoms with Crippen molar-refractivity contribution in [1.82, 2.24) is 4.90 Å². The molecule has 0 aliphatic carbocycles. The number of piperidine rings is 1. The van der Waals surface area contributed by atoms with Crippen molar-refractivity contribution < 1.29 is 9.59 Å². The minimum atomic E-state index is -0.0552. The number of rotatable bonds is 3. The lowest BCUT2D eigenvalue weighted by molar-refractivity contribution is -0.134. The van der Waals surface area contributed by atoms with Gasteiger partial charge in [-0.05, 0) is 25.2 Å². The average molecular weight is 301 g/mol. The summed E-state index contributed by atoms with van der Waals surface area (Å²) in [6.07, 6.45) is 2.34. The van der Waals surface area contributed by atoms with Gasteiger partial charge < -0.3 is 4.90 Å². The van der Waals surface area contributed by atoms with Crippen LogP contribution >= 0.6 is 0 Å². The summed E-state index contributed by atoms with van der Waals surface area (Å²) in [7, 11) is 0. The summed E-state index contributed by atoms with van der Waals surface area (Å²) < 4.78 is 0. The molecule has 0 bridgehead atoms. The predicted octanol–water partition coefficient (Wildman–Crippen LogP) is 3.85. The molecular weight excluding hydrogens is 274 g/mol. The largest absolute Gasteiger partial charge is 0.342 e. The van der Waals surface area contributed by atoms with Crippen molar-refractivity contribution in [2.24, 2.45) is 11.3 Å². The van der Waals surface area contributed by atoms with Crippen LogP contribution < -0.4 is 0 Å². The first kappa shape index (κ1) is 16.7. The standard InChI is InChI=1S/C19H27NO2/c1-14-7-9-15(10-8-14)18(22)16-6-5-11-20(13-16)17(21)12-19(2,3)4/h7-10,16H,5-6,11-13H2,1-4H3. The van der Waals surface area contributed by atoms with Gasteiger partial charge in [-0.1, -0.05) is 50.6 Å². The van der Waals surface area contributed by atoms with E-state index in [1.54, 1.807) is 0 Å². The topological polar surface area (TPSA) is 37.4 Å². The maximum atomic E-state index is 12.6. The van der Waals surface area contributed by atoms with Gasteiger partial charge in [0.2, 0.25) is 5.91 Å². The molecule has 1 unspecified atom stereocenters. The maximum Gasteiger partial charge on any atom is 0.223 e. The summed E-state index contributed by atoms with van der Waals surface area (Å²) in [6, 6.07) is 7.73. The molecule has 3 heteroatoms. The number of nitrogens with zero attached hydrogens (tertiary/aromatic N) is 1. The quantitative estimate of drug-likeness (QED) is 0.795. The summed E-state index contributed by atoms with van der Waals surface area (Å²) in [5.41, 5.74) is 1.91. The monoisotopic (exact) mass is 301 g/mol. The first-order valence-electron chi connectivity index (χ1n) is 8.15. The molecule has 1 heterocycles. The molecule has 1 aromatic carbocycles. The first-order valence-corrected chi connectivity index (χ1v) is 8.15. The number of aryl methyl sites for hydroxylation is 1. The van der Waals surface area contributed by atoms with Crippen LogP contribution in [0.4, 0.5) is 0 Å². The summed E-state index contributed by atoms with van der Waals surface area (Å²) in [5, 5.41) is 0. The molecule has 1 aromatic rings. The number of benzene rings is 1. The van der Waals surface area contributed by atoms with E-state index in [9.17, 15) is 9.59 Å². The molecule has 0 aromatic heterocycles. The molecule has 0 saturated carbocycles. The molecule has 1 fully saturated rings. The van der Waals surface area contributed by atoms with E-state index in [0.29, 0.717) is 13.0 Å². The third-order valence-corrected chi connectivity index (χ3v) is 4.16. The minimum absolute atomic E-state index is 0.00894. The summed E-state index contributed by atoms with van der Waals surface area (Å²) >= 11 is 0. The first-order chi connectivity index (χ1) is 10.3. The number of Topliss-reactive ketones (excluding diaryl/α,β-unsaturated/α-hetero) is 1. The van der Waals surface area contributed by atoms with Gasteiger partial charge in [-0.2, -0.15) is 0 Å². The Bertz CT molecular complexity index is 540. The lowest BCUT2D eigenvalue weighted by Crippen LogP contribution is -2.43. The maximum absolute atomic E-state index is 12.6. The van der Waals surface area contributed by atoms with Crippen molar-refractivity contribution in [3.63, 3.8) is 0 Å². The molecule has 1 saturated heterocycles. The molecule has 1 atom stereocenters. The van der Waals surface area contributed by atoms with Crippen molar-refractivity contribution in [2.45, 2.75) is 47.0 Å². The zero-order chi connectivity index (χ0) is 16.3. The van der Waals surface area contributed by atoms with Crippen LogP contribution in [0.25, 0.3) is 0 Å². The molecular formula is C19H27NO2. The summed E-state index contributed by atoms with van der Waals surface area (Å²) in [5.74, 6) is 0.294.